The largest absolute Gasteiger partial charge is 0.426 e. The third kappa shape index (κ3) is 2.91. The molecule has 6 nitrogen and oxygen atoms in total. The summed E-state index contributed by atoms with van der Waals surface area (Å²) in [6.07, 6.45) is 2.50. The van der Waals surface area contributed by atoms with E-state index in [1.807, 2.05) is 35.2 Å². The molecule has 6 heteroatoms. The van der Waals surface area contributed by atoms with E-state index in [2.05, 4.69) is 19.0 Å². The first-order chi connectivity index (χ1) is 13.5. The Hall–Kier alpha value is -2.31. The number of furan rings is 1. The molecule has 1 aromatic carbocycles. The molecule has 0 N–H and O–H groups in total. The SMILES string of the molecule is CN(C)C[C@H]1[C@H]2CN(C(=O)c3ccc(Oc4ccccc4)o3)C[C@]23CC[C@H]1O3. The molecule has 1 spiro atoms. The molecule has 3 aliphatic heterocycles. The number of carbonyl (C=O) groups excluding carboxylic acids is 1. The highest BCUT2D eigenvalue weighted by molar-refractivity contribution is 5.92. The smallest absolute Gasteiger partial charge is 0.290 e. The van der Waals surface area contributed by atoms with E-state index in [0.717, 1.165) is 25.9 Å². The average Bonchev–Trinajstić information content (AvgIpc) is 3.43. The van der Waals surface area contributed by atoms with Crippen LogP contribution in [0.1, 0.15) is 23.4 Å². The van der Waals surface area contributed by atoms with Gasteiger partial charge < -0.3 is 23.7 Å². The van der Waals surface area contributed by atoms with Crippen molar-refractivity contribution in [2.45, 2.75) is 24.5 Å². The molecule has 0 radical (unpaired) electrons. The van der Waals surface area contributed by atoms with Crippen LogP contribution in [-0.2, 0) is 4.74 Å². The molecule has 3 fully saturated rings. The van der Waals surface area contributed by atoms with E-state index in [4.69, 9.17) is 13.9 Å². The standard InChI is InChI=1S/C22H26N2O4/c1-23(2)12-16-17-13-24(14-22(17)11-10-18(16)28-22)21(25)19-8-9-20(27-19)26-15-6-4-3-5-7-15/h3-9,16-18H,10-14H2,1-2H3/t16-,17+,18+,22+/m0/s1. The first-order valence-electron chi connectivity index (χ1n) is 9.99. The number of benzene rings is 1. The van der Waals surface area contributed by atoms with Gasteiger partial charge in [-0.25, -0.2) is 0 Å². The van der Waals surface area contributed by atoms with Crippen molar-refractivity contribution in [2.75, 3.05) is 33.7 Å². The summed E-state index contributed by atoms with van der Waals surface area (Å²) in [4.78, 5) is 17.2. The zero-order valence-electron chi connectivity index (χ0n) is 16.3. The summed E-state index contributed by atoms with van der Waals surface area (Å²) in [5.41, 5.74) is -0.156. The molecule has 1 amide bonds. The van der Waals surface area contributed by atoms with Gasteiger partial charge in [0.2, 0.25) is 0 Å². The van der Waals surface area contributed by atoms with Crippen LogP contribution in [0.4, 0.5) is 0 Å². The highest BCUT2D eigenvalue weighted by Crippen LogP contribution is 2.55. The number of amides is 1. The zero-order chi connectivity index (χ0) is 19.3. The maximum atomic E-state index is 13.1. The second kappa shape index (κ2) is 6.64. The van der Waals surface area contributed by atoms with E-state index in [1.165, 1.54) is 0 Å². The van der Waals surface area contributed by atoms with Crippen molar-refractivity contribution in [3.63, 3.8) is 0 Å². The van der Waals surface area contributed by atoms with Gasteiger partial charge in [-0.15, -0.1) is 0 Å². The van der Waals surface area contributed by atoms with Crippen molar-refractivity contribution in [1.82, 2.24) is 9.80 Å². The van der Waals surface area contributed by atoms with E-state index in [0.29, 0.717) is 41.9 Å². The molecular formula is C22H26N2O4. The normalized spacial score (nSPS) is 30.8. The predicted octanol–water partition coefficient (Wildman–Crippen LogP) is 3.25. The van der Waals surface area contributed by atoms with Crippen LogP contribution in [0, 0.1) is 11.8 Å². The Morgan fingerprint density at radius 1 is 1.25 bits per heavy atom. The second-order valence-electron chi connectivity index (χ2n) is 8.51. The number of rotatable bonds is 5. The average molecular weight is 382 g/mol. The highest BCUT2D eigenvalue weighted by Gasteiger charge is 2.63. The van der Waals surface area contributed by atoms with Gasteiger partial charge in [0, 0.05) is 31.0 Å². The van der Waals surface area contributed by atoms with Crippen molar-refractivity contribution < 1.29 is 18.7 Å². The first-order valence-corrected chi connectivity index (χ1v) is 9.99. The Morgan fingerprint density at radius 3 is 2.86 bits per heavy atom. The van der Waals surface area contributed by atoms with Crippen LogP contribution < -0.4 is 4.74 Å². The van der Waals surface area contributed by atoms with E-state index in [1.54, 1.807) is 12.1 Å². The van der Waals surface area contributed by atoms with Crippen LogP contribution in [0.25, 0.3) is 0 Å². The van der Waals surface area contributed by atoms with Crippen LogP contribution in [0.15, 0.2) is 46.9 Å². The Bertz CT molecular complexity index is 864. The van der Waals surface area contributed by atoms with Gasteiger partial charge in [0.25, 0.3) is 11.9 Å². The summed E-state index contributed by atoms with van der Waals surface area (Å²) in [7, 11) is 4.21. The summed E-state index contributed by atoms with van der Waals surface area (Å²) < 4.78 is 17.8. The second-order valence-corrected chi connectivity index (χ2v) is 8.51. The molecule has 28 heavy (non-hydrogen) atoms. The molecule has 0 saturated carbocycles. The first kappa shape index (κ1) is 17.8. The van der Waals surface area contributed by atoms with E-state index in [-0.39, 0.29) is 11.5 Å². The third-order valence-electron chi connectivity index (χ3n) is 6.40. The molecule has 1 aromatic heterocycles. The van der Waals surface area contributed by atoms with Gasteiger partial charge in [-0.05, 0) is 45.1 Å². The lowest BCUT2D eigenvalue weighted by Crippen LogP contribution is -2.40. The van der Waals surface area contributed by atoms with E-state index < -0.39 is 0 Å². The van der Waals surface area contributed by atoms with E-state index >= 15 is 0 Å². The molecular weight excluding hydrogens is 356 g/mol. The maximum Gasteiger partial charge on any atom is 0.290 e. The number of nitrogens with zero attached hydrogens (tertiary/aromatic N) is 2. The topological polar surface area (TPSA) is 55.2 Å². The van der Waals surface area contributed by atoms with Gasteiger partial charge in [-0.1, -0.05) is 18.2 Å². The van der Waals surface area contributed by atoms with Crippen molar-refractivity contribution in [2.24, 2.45) is 11.8 Å². The third-order valence-corrected chi connectivity index (χ3v) is 6.40. The summed E-state index contributed by atoms with van der Waals surface area (Å²) in [5.74, 6) is 2.16. The minimum Gasteiger partial charge on any atom is -0.426 e. The number of fused-ring (bicyclic) bond motifs is 1. The quantitative estimate of drug-likeness (QED) is 0.795. The highest BCUT2D eigenvalue weighted by atomic mass is 16.6. The molecule has 0 unspecified atom stereocenters. The molecule has 148 valence electrons. The number of ether oxygens (including phenoxy) is 2. The summed E-state index contributed by atoms with van der Waals surface area (Å²) >= 11 is 0. The molecule has 2 aromatic rings. The summed E-state index contributed by atoms with van der Waals surface area (Å²) in [6.45, 7) is 2.41. The summed E-state index contributed by atoms with van der Waals surface area (Å²) in [5, 5.41) is 0. The van der Waals surface area contributed by atoms with Crippen LogP contribution in [0.2, 0.25) is 0 Å². The van der Waals surface area contributed by atoms with Crippen LogP contribution >= 0.6 is 0 Å². The fourth-order valence-electron chi connectivity index (χ4n) is 5.26. The number of carbonyl (C=O) groups is 1. The molecule has 4 heterocycles. The number of para-hydroxylation sites is 1. The van der Waals surface area contributed by atoms with Gasteiger partial charge >= 0.3 is 0 Å². The minimum atomic E-state index is -0.156. The lowest BCUT2D eigenvalue weighted by Gasteiger charge is -2.30. The lowest BCUT2D eigenvalue weighted by molar-refractivity contribution is 0.00222. The Labute approximate surface area is 165 Å². The number of hydrogen-bond acceptors (Lipinski definition) is 5. The van der Waals surface area contributed by atoms with Crippen molar-refractivity contribution in [1.29, 1.82) is 0 Å². The Kier molecular flexibility index (Phi) is 4.21. The minimum absolute atomic E-state index is 0.0812. The molecule has 5 rings (SSSR count). The number of likely N-dealkylation sites (tertiary alicyclic amines) is 1. The van der Waals surface area contributed by atoms with Gasteiger partial charge in [0.15, 0.2) is 5.76 Å². The molecule has 0 aliphatic carbocycles. The van der Waals surface area contributed by atoms with Crippen molar-refractivity contribution >= 4 is 5.91 Å². The van der Waals surface area contributed by atoms with Crippen LogP contribution in [-0.4, -0.2) is 61.1 Å². The Balaban J connectivity index is 1.30. The van der Waals surface area contributed by atoms with Crippen LogP contribution in [0.5, 0.6) is 11.7 Å². The molecule has 3 aliphatic rings. The van der Waals surface area contributed by atoms with Crippen LogP contribution in [0.3, 0.4) is 0 Å². The monoisotopic (exact) mass is 382 g/mol. The molecule has 3 saturated heterocycles. The van der Waals surface area contributed by atoms with Crippen molar-refractivity contribution in [3.8, 4) is 11.7 Å². The van der Waals surface area contributed by atoms with Gasteiger partial charge in [-0.3, -0.25) is 4.79 Å². The van der Waals surface area contributed by atoms with Gasteiger partial charge in [-0.2, -0.15) is 0 Å². The molecule has 2 bridgehead atoms. The predicted molar refractivity (Wildman–Crippen MR) is 103 cm³/mol. The lowest BCUT2D eigenvalue weighted by atomic mass is 9.73. The van der Waals surface area contributed by atoms with Gasteiger partial charge in [0.05, 0.1) is 18.2 Å². The Morgan fingerprint density at radius 2 is 2.07 bits per heavy atom. The summed E-state index contributed by atoms with van der Waals surface area (Å²) in [6, 6.07) is 12.8. The molecule has 4 atom stereocenters. The maximum absolute atomic E-state index is 13.1. The fourth-order valence-corrected chi connectivity index (χ4v) is 5.26. The van der Waals surface area contributed by atoms with Crippen molar-refractivity contribution in [3.05, 3.63) is 48.2 Å². The van der Waals surface area contributed by atoms with Gasteiger partial charge in [0.1, 0.15) is 5.75 Å². The zero-order valence-corrected chi connectivity index (χ0v) is 16.3. The number of hydrogen-bond donors (Lipinski definition) is 0. The van der Waals surface area contributed by atoms with E-state index in [9.17, 15) is 4.79 Å². The fraction of sp³-hybridized carbons (Fsp3) is 0.500.